The van der Waals surface area contributed by atoms with E-state index in [2.05, 4.69) is 10.4 Å². The van der Waals surface area contributed by atoms with Gasteiger partial charge in [-0.2, -0.15) is 5.10 Å². The van der Waals surface area contributed by atoms with Gasteiger partial charge in [0.2, 0.25) is 15.9 Å². The maximum Gasteiger partial charge on any atom is 0.242 e. The molecule has 1 amide bonds. The summed E-state index contributed by atoms with van der Waals surface area (Å²) in [6.45, 7) is 0.134. The number of aromatic nitrogens is 2. The molecule has 28 heavy (non-hydrogen) atoms. The zero-order valence-electron chi connectivity index (χ0n) is 15.7. The van der Waals surface area contributed by atoms with Crippen molar-refractivity contribution in [1.29, 1.82) is 0 Å². The average molecular weight is 398 g/mol. The van der Waals surface area contributed by atoms with Crippen molar-refractivity contribution >= 4 is 15.9 Å². The molecular formula is C20H22N4O3S. The molecule has 0 spiro atoms. The molecule has 1 aromatic heterocycles. The highest BCUT2D eigenvalue weighted by molar-refractivity contribution is 7.89. The summed E-state index contributed by atoms with van der Waals surface area (Å²) in [5.74, 6) is -0.204. The van der Waals surface area contributed by atoms with Gasteiger partial charge in [0, 0.05) is 26.8 Å². The average Bonchev–Trinajstić information content (AvgIpc) is 3.15. The van der Waals surface area contributed by atoms with E-state index in [1.165, 1.54) is 14.1 Å². The van der Waals surface area contributed by atoms with Gasteiger partial charge in [0.15, 0.2) is 0 Å². The number of rotatable bonds is 7. The Hall–Kier alpha value is -2.97. The van der Waals surface area contributed by atoms with Crippen LogP contribution in [0.3, 0.4) is 0 Å². The van der Waals surface area contributed by atoms with Crippen LogP contribution in [0.2, 0.25) is 0 Å². The highest BCUT2D eigenvalue weighted by Gasteiger charge is 2.20. The van der Waals surface area contributed by atoms with E-state index in [4.69, 9.17) is 0 Å². The Kier molecular flexibility index (Phi) is 5.91. The van der Waals surface area contributed by atoms with Crippen molar-refractivity contribution in [3.8, 4) is 5.69 Å². The SMILES string of the molecule is CN(C)S(=O)(=O)c1ccccc1CNC(=O)Cc1cnn(-c2ccccc2)c1. The number of nitrogens with one attached hydrogen (secondary N) is 1. The Morgan fingerprint density at radius 1 is 1.07 bits per heavy atom. The van der Waals surface area contributed by atoms with Crippen molar-refractivity contribution in [2.45, 2.75) is 17.9 Å². The fourth-order valence-electron chi connectivity index (χ4n) is 2.71. The number of amides is 1. The van der Waals surface area contributed by atoms with Crippen LogP contribution in [0.4, 0.5) is 0 Å². The molecule has 1 N–H and O–H groups in total. The first-order chi connectivity index (χ1) is 13.4. The van der Waals surface area contributed by atoms with Gasteiger partial charge in [-0.05, 0) is 29.3 Å². The van der Waals surface area contributed by atoms with Crippen LogP contribution in [0.1, 0.15) is 11.1 Å². The third-order valence-electron chi connectivity index (χ3n) is 4.23. The fraction of sp³-hybridized carbons (Fsp3) is 0.200. The minimum atomic E-state index is -3.57. The van der Waals surface area contributed by atoms with Gasteiger partial charge < -0.3 is 5.32 Å². The molecule has 0 bridgehead atoms. The zero-order valence-corrected chi connectivity index (χ0v) is 16.6. The Morgan fingerprint density at radius 2 is 1.75 bits per heavy atom. The molecule has 2 aromatic carbocycles. The lowest BCUT2D eigenvalue weighted by atomic mass is 10.2. The van der Waals surface area contributed by atoms with Crippen molar-refractivity contribution in [3.05, 3.63) is 78.1 Å². The molecule has 3 rings (SSSR count). The third-order valence-corrected chi connectivity index (χ3v) is 6.14. The molecule has 0 aliphatic heterocycles. The number of para-hydroxylation sites is 1. The summed E-state index contributed by atoms with van der Waals surface area (Å²) in [5.41, 5.74) is 2.23. The molecule has 8 heteroatoms. The molecular weight excluding hydrogens is 376 g/mol. The lowest BCUT2D eigenvalue weighted by molar-refractivity contribution is -0.120. The molecule has 0 atom stereocenters. The molecule has 0 saturated carbocycles. The number of sulfonamides is 1. The van der Waals surface area contributed by atoms with Crippen LogP contribution in [0.15, 0.2) is 71.9 Å². The van der Waals surface area contributed by atoms with Crippen molar-refractivity contribution in [1.82, 2.24) is 19.4 Å². The molecule has 1 heterocycles. The van der Waals surface area contributed by atoms with E-state index in [0.717, 1.165) is 15.6 Å². The van der Waals surface area contributed by atoms with Gasteiger partial charge in [0.25, 0.3) is 0 Å². The lowest BCUT2D eigenvalue weighted by Gasteiger charge is -2.15. The number of nitrogens with zero attached hydrogens (tertiary/aromatic N) is 3. The molecule has 0 fully saturated rings. The molecule has 7 nitrogen and oxygen atoms in total. The van der Waals surface area contributed by atoms with Crippen molar-refractivity contribution < 1.29 is 13.2 Å². The van der Waals surface area contributed by atoms with Gasteiger partial charge in [0.05, 0.1) is 23.2 Å². The van der Waals surface area contributed by atoms with Crippen LogP contribution in [0, 0.1) is 0 Å². The first kappa shape index (κ1) is 19.8. The summed E-state index contributed by atoms with van der Waals surface area (Å²) in [6, 6.07) is 16.3. The maximum atomic E-state index is 12.4. The highest BCUT2D eigenvalue weighted by atomic mass is 32.2. The Bertz CT molecular complexity index is 1060. The molecule has 0 aliphatic carbocycles. The van der Waals surface area contributed by atoms with Crippen molar-refractivity contribution in [2.75, 3.05) is 14.1 Å². The van der Waals surface area contributed by atoms with Crippen LogP contribution in [-0.4, -0.2) is 42.5 Å². The number of hydrogen-bond acceptors (Lipinski definition) is 4. The van der Waals surface area contributed by atoms with Crippen molar-refractivity contribution in [3.63, 3.8) is 0 Å². The number of hydrogen-bond donors (Lipinski definition) is 1. The fourth-order valence-corrected chi connectivity index (χ4v) is 3.83. The quantitative estimate of drug-likeness (QED) is 0.660. The van der Waals surface area contributed by atoms with Gasteiger partial charge in [-0.3, -0.25) is 4.79 Å². The lowest BCUT2D eigenvalue weighted by Crippen LogP contribution is -2.27. The van der Waals surface area contributed by atoms with Gasteiger partial charge in [-0.15, -0.1) is 0 Å². The second-order valence-corrected chi connectivity index (χ2v) is 8.60. The second-order valence-electron chi connectivity index (χ2n) is 6.48. The zero-order chi connectivity index (χ0) is 20.1. The normalized spacial score (nSPS) is 11.5. The number of benzene rings is 2. The highest BCUT2D eigenvalue weighted by Crippen LogP contribution is 2.18. The monoisotopic (exact) mass is 398 g/mol. The standard InChI is InChI=1S/C20H22N4O3S/c1-23(2)28(26,27)19-11-7-6-8-17(19)14-21-20(25)12-16-13-22-24(15-16)18-9-4-3-5-10-18/h3-11,13,15H,12,14H2,1-2H3,(H,21,25). The molecule has 0 radical (unpaired) electrons. The Morgan fingerprint density at radius 3 is 2.46 bits per heavy atom. The minimum Gasteiger partial charge on any atom is -0.352 e. The molecule has 3 aromatic rings. The minimum absolute atomic E-state index is 0.134. The summed E-state index contributed by atoms with van der Waals surface area (Å²) < 4.78 is 27.7. The van der Waals surface area contributed by atoms with Crippen LogP contribution in [-0.2, 0) is 27.8 Å². The van der Waals surface area contributed by atoms with Crippen molar-refractivity contribution in [2.24, 2.45) is 0 Å². The van der Waals surface area contributed by atoms with Crippen LogP contribution in [0.5, 0.6) is 0 Å². The predicted molar refractivity (Wildman–Crippen MR) is 106 cm³/mol. The van der Waals surface area contributed by atoms with Gasteiger partial charge in [-0.25, -0.2) is 17.4 Å². The largest absolute Gasteiger partial charge is 0.352 e. The number of carbonyl (C=O) groups excluding carboxylic acids is 1. The van der Waals surface area contributed by atoms with Gasteiger partial charge in [-0.1, -0.05) is 36.4 Å². The van der Waals surface area contributed by atoms with Crippen LogP contribution >= 0.6 is 0 Å². The van der Waals surface area contributed by atoms with E-state index >= 15 is 0 Å². The second kappa shape index (κ2) is 8.37. The predicted octanol–water partition coefficient (Wildman–Crippen LogP) is 1.98. The third kappa shape index (κ3) is 4.47. The summed E-state index contributed by atoms with van der Waals surface area (Å²) in [5, 5.41) is 7.06. The first-order valence-corrected chi connectivity index (χ1v) is 10.2. The van der Waals surface area contributed by atoms with E-state index in [-0.39, 0.29) is 23.8 Å². The molecule has 0 aliphatic rings. The summed E-state index contributed by atoms with van der Waals surface area (Å²) in [4.78, 5) is 12.5. The van der Waals surface area contributed by atoms with E-state index in [9.17, 15) is 13.2 Å². The van der Waals surface area contributed by atoms with E-state index in [1.807, 2.05) is 30.3 Å². The Balaban J connectivity index is 1.65. The van der Waals surface area contributed by atoms with Gasteiger partial charge in [0.1, 0.15) is 0 Å². The van der Waals surface area contributed by atoms with E-state index < -0.39 is 10.0 Å². The topological polar surface area (TPSA) is 84.3 Å². The molecule has 0 saturated heterocycles. The first-order valence-electron chi connectivity index (χ1n) is 8.74. The van der Waals surface area contributed by atoms with E-state index in [0.29, 0.717) is 5.56 Å². The summed E-state index contributed by atoms with van der Waals surface area (Å²) in [7, 11) is -0.610. The number of carbonyl (C=O) groups is 1. The van der Waals surface area contributed by atoms with E-state index in [1.54, 1.807) is 41.3 Å². The Labute approximate surface area is 164 Å². The summed E-state index contributed by atoms with van der Waals surface area (Å²) >= 11 is 0. The molecule has 146 valence electrons. The maximum absolute atomic E-state index is 12.4. The smallest absolute Gasteiger partial charge is 0.242 e. The van der Waals surface area contributed by atoms with Crippen LogP contribution in [0.25, 0.3) is 5.69 Å². The summed E-state index contributed by atoms with van der Waals surface area (Å²) in [6.07, 6.45) is 3.62. The van der Waals surface area contributed by atoms with Gasteiger partial charge >= 0.3 is 0 Å². The van der Waals surface area contributed by atoms with Crippen LogP contribution < -0.4 is 5.32 Å². The molecule has 0 unspecified atom stereocenters.